The van der Waals surface area contributed by atoms with Gasteiger partial charge in [-0.1, -0.05) is 0 Å². The third-order valence-corrected chi connectivity index (χ3v) is 4.75. The summed E-state index contributed by atoms with van der Waals surface area (Å²) >= 11 is 1.39. The van der Waals surface area contributed by atoms with E-state index in [1.165, 1.54) is 11.3 Å². The second kappa shape index (κ2) is 6.50. The largest absolute Gasteiger partial charge is 0.495 e. The molecule has 0 spiro atoms. The molecule has 1 saturated heterocycles. The topological polar surface area (TPSA) is 65.4 Å². The SMILES string of the molecule is COc1ccsc1C(=O)N[C@@H]1CCO[C@@H](c2cncn2C)C1. The number of aryl methyl sites for hydroxylation is 1. The van der Waals surface area contributed by atoms with Crippen molar-refractivity contribution in [1.82, 2.24) is 14.9 Å². The molecule has 0 aromatic carbocycles. The van der Waals surface area contributed by atoms with E-state index in [0.29, 0.717) is 17.2 Å². The molecule has 22 heavy (non-hydrogen) atoms. The van der Waals surface area contributed by atoms with Gasteiger partial charge in [0, 0.05) is 19.7 Å². The van der Waals surface area contributed by atoms with E-state index < -0.39 is 0 Å². The Bertz CT molecular complexity index is 652. The number of imidazole rings is 1. The van der Waals surface area contributed by atoms with E-state index >= 15 is 0 Å². The molecule has 1 aliphatic rings. The molecule has 6 nitrogen and oxygen atoms in total. The van der Waals surface area contributed by atoms with E-state index in [4.69, 9.17) is 9.47 Å². The first kappa shape index (κ1) is 15.1. The summed E-state index contributed by atoms with van der Waals surface area (Å²) < 4.78 is 13.0. The van der Waals surface area contributed by atoms with E-state index in [0.717, 1.165) is 18.5 Å². The normalized spacial score (nSPS) is 21.5. The van der Waals surface area contributed by atoms with Crippen molar-refractivity contribution in [3.05, 3.63) is 34.5 Å². The lowest BCUT2D eigenvalue weighted by molar-refractivity contribution is -0.00299. The number of carbonyl (C=O) groups is 1. The number of thiophene rings is 1. The average molecular weight is 321 g/mol. The molecule has 2 aromatic heterocycles. The van der Waals surface area contributed by atoms with Crippen molar-refractivity contribution >= 4 is 17.2 Å². The second-order valence-electron chi connectivity index (χ2n) is 5.30. The van der Waals surface area contributed by atoms with Gasteiger partial charge in [0.15, 0.2) is 0 Å². The standard InChI is InChI=1S/C15H19N3O3S/c1-18-9-16-8-11(18)13-7-10(3-5-21-13)17-15(19)14-12(20-2)4-6-22-14/h4,6,8-10,13H,3,5,7H2,1-2H3,(H,17,19)/t10-,13-/m1/s1. The lowest BCUT2D eigenvalue weighted by Gasteiger charge is -2.30. The summed E-state index contributed by atoms with van der Waals surface area (Å²) in [6.07, 6.45) is 5.11. The van der Waals surface area contributed by atoms with Crippen molar-refractivity contribution in [3.63, 3.8) is 0 Å². The summed E-state index contributed by atoms with van der Waals surface area (Å²) in [7, 11) is 3.52. The molecule has 2 atom stereocenters. The fraction of sp³-hybridized carbons (Fsp3) is 0.467. The van der Waals surface area contributed by atoms with Gasteiger partial charge in [-0.05, 0) is 24.3 Å². The van der Waals surface area contributed by atoms with Gasteiger partial charge >= 0.3 is 0 Å². The molecule has 0 aliphatic carbocycles. The van der Waals surface area contributed by atoms with Crippen LogP contribution in [-0.2, 0) is 11.8 Å². The summed E-state index contributed by atoms with van der Waals surface area (Å²) in [6.45, 7) is 0.627. The number of methoxy groups -OCH3 is 1. The van der Waals surface area contributed by atoms with Crippen LogP contribution in [0, 0.1) is 0 Å². The number of nitrogens with one attached hydrogen (secondary N) is 1. The number of hydrogen-bond acceptors (Lipinski definition) is 5. The summed E-state index contributed by atoms with van der Waals surface area (Å²) in [6, 6.07) is 1.90. The van der Waals surface area contributed by atoms with Crippen molar-refractivity contribution in [2.24, 2.45) is 7.05 Å². The summed E-state index contributed by atoms with van der Waals surface area (Å²) in [5.41, 5.74) is 1.03. The predicted molar refractivity (Wildman–Crippen MR) is 83.3 cm³/mol. The molecule has 0 saturated carbocycles. The molecule has 1 N–H and O–H groups in total. The first-order valence-corrected chi connectivity index (χ1v) is 8.07. The highest BCUT2D eigenvalue weighted by Crippen LogP contribution is 2.29. The second-order valence-corrected chi connectivity index (χ2v) is 6.22. The van der Waals surface area contributed by atoms with E-state index in [-0.39, 0.29) is 18.1 Å². The Morgan fingerprint density at radius 3 is 3.18 bits per heavy atom. The lowest BCUT2D eigenvalue weighted by atomic mass is 10.0. The molecular weight excluding hydrogens is 302 g/mol. The van der Waals surface area contributed by atoms with E-state index in [1.54, 1.807) is 13.4 Å². The van der Waals surface area contributed by atoms with Crippen molar-refractivity contribution in [2.75, 3.05) is 13.7 Å². The van der Waals surface area contributed by atoms with Crippen LogP contribution >= 0.6 is 11.3 Å². The van der Waals surface area contributed by atoms with Crippen molar-refractivity contribution in [2.45, 2.75) is 25.0 Å². The zero-order valence-electron chi connectivity index (χ0n) is 12.6. The maximum absolute atomic E-state index is 12.4. The lowest BCUT2D eigenvalue weighted by Crippen LogP contribution is -2.39. The Morgan fingerprint density at radius 1 is 1.59 bits per heavy atom. The number of carbonyl (C=O) groups excluding carboxylic acids is 1. The van der Waals surface area contributed by atoms with Crippen LogP contribution in [0.5, 0.6) is 5.75 Å². The maximum atomic E-state index is 12.4. The van der Waals surface area contributed by atoms with Gasteiger partial charge in [0.1, 0.15) is 16.7 Å². The molecule has 2 aromatic rings. The molecule has 1 amide bonds. The Morgan fingerprint density at radius 2 is 2.45 bits per heavy atom. The van der Waals surface area contributed by atoms with E-state index in [9.17, 15) is 4.79 Å². The van der Waals surface area contributed by atoms with Crippen LogP contribution in [-0.4, -0.2) is 35.2 Å². The Balaban J connectivity index is 1.65. The molecule has 0 unspecified atom stereocenters. The highest BCUT2D eigenvalue weighted by molar-refractivity contribution is 7.12. The third-order valence-electron chi connectivity index (χ3n) is 3.86. The molecule has 3 heterocycles. The van der Waals surface area contributed by atoms with Crippen LogP contribution in [0.3, 0.4) is 0 Å². The Kier molecular flexibility index (Phi) is 4.44. The fourth-order valence-corrected chi connectivity index (χ4v) is 3.45. The van der Waals surface area contributed by atoms with Gasteiger partial charge in [0.25, 0.3) is 5.91 Å². The zero-order valence-corrected chi connectivity index (χ0v) is 13.4. The summed E-state index contributed by atoms with van der Waals surface area (Å²) in [5.74, 6) is 0.542. The first-order chi connectivity index (χ1) is 10.7. The number of rotatable bonds is 4. The number of hydrogen-bond donors (Lipinski definition) is 1. The monoisotopic (exact) mass is 321 g/mol. The molecule has 0 bridgehead atoms. The molecule has 1 fully saturated rings. The molecule has 118 valence electrons. The van der Waals surface area contributed by atoms with Gasteiger partial charge in [-0.25, -0.2) is 4.98 Å². The van der Waals surface area contributed by atoms with Gasteiger partial charge in [-0.15, -0.1) is 11.3 Å². The van der Waals surface area contributed by atoms with E-state index in [1.807, 2.05) is 29.3 Å². The van der Waals surface area contributed by atoms with Crippen LogP contribution in [0.2, 0.25) is 0 Å². The minimum absolute atomic E-state index is 0.0308. The van der Waals surface area contributed by atoms with Gasteiger partial charge in [-0.2, -0.15) is 0 Å². The average Bonchev–Trinajstić information content (AvgIpc) is 3.15. The third kappa shape index (κ3) is 3.00. The van der Waals surface area contributed by atoms with Crippen LogP contribution in [0.15, 0.2) is 24.0 Å². The first-order valence-electron chi connectivity index (χ1n) is 7.19. The molecule has 3 rings (SSSR count). The predicted octanol–water partition coefficient (Wildman–Crippen LogP) is 2.14. The molecular formula is C15H19N3O3S. The zero-order chi connectivity index (χ0) is 15.5. The van der Waals surface area contributed by atoms with Gasteiger partial charge < -0.3 is 19.4 Å². The molecule has 7 heteroatoms. The Hall–Kier alpha value is -1.86. The van der Waals surface area contributed by atoms with Gasteiger partial charge in [0.2, 0.25) is 0 Å². The maximum Gasteiger partial charge on any atom is 0.265 e. The quantitative estimate of drug-likeness (QED) is 0.937. The highest BCUT2D eigenvalue weighted by atomic mass is 32.1. The van der Waals surface area contributed by atoms with Crippen molar-refractivity contribution in [3.8, 4) is 5.75 Å². The van der Waals surface area contributed by atoms with Crippen LogP contribution in [0.1, 0.15) is 34.3 Å². The van der Waals surface area contributed by atoms with Crippen molar-refractivity contribution in [1.29, 1.82) is 0 Å². The molecule has 0 radical (unpaired) electrons. The van der Waals surface area contributed by atoms with Gasteiger partial charge in [0.05, 0.1) is 25.3 Å². The minimum atomic E-state index is -0.0810. The number of amides is 1. The van der Waals surface area contributed by atoms with Crippen molar-refractivity contribution < 1.29 is 14.3 Å². The highest BCUT2D eigenvalue weighted by Gasteiger charge is 2.27. The number of ether oxygens (including phenoxy) is 2. The molecule has 1 aliphatic heterocycles. The minimum Gasteiger partial charge on any atom is -0.495 e. The van der Waals surface area contributed by atoms with Crippen LogP contribution in [0.25, 0.3) is 0 Å². The smallest absolute Gasteiger partial charge is 0.265 e. The number of aromatic nitrogens is 2. The van der Waals surface area contributed by atoms with Crippen LogP contribution < -0.4 is 10.1 Å². The van der Waals surface area contributed by atoms with Crippen LogP contribution in [0.4, 0.5) is 0 Å². The summed E-state index contributed by atoms with van der Waals surface area (Å²) in [4.78, 5) is 17.1. The fourth-order valence-electron chi connectivity index (χ4n) is 2.69. The Labute approximate surface area is 133 Å². The van der Waals surface area contributed by atoms with E-state index in [2.05, 4.69) is 10.3 Å². The van der Waals surface area contributed by atoms with Gasteiger partial charge in [-0.3, -0.25) is 4.79 Å². The number of nitrogens with zero attached hydrogens (tertiary/aromatic N) is 2. The summed E-state index contributed by atoms with van der Waals surface area (Å²) in [5, 5.41) is 4.95.